The lowest BCUT2D eigenvalue weighted by molar-refractivity contribution is -0.220. The zero-order valence-corrected chi connectivity index (χ0v) is 23.9. The standard InChI is InChI=1S/C29H40FN3O8/c1-18-14-22-21-5-4-19-15-20(34)6-8-26(19,2)28(21,30)23(35)16-27(22,3)29(18,38)24(36)17-41-25(37)7-10-39-12-13-40-11-9-32-33-31/h6,8,15,18,21-23,35,38H,4-5,7,9-14,16-17H2,1-3H3/t18-,21+,22+,23+,26+,27+,28?,29+/m1/s1. The van der Waals surface area contributed by atoms with Gasteiger partial charge >= 0.3 is 5.97 Å². The molecule has 0 spiro atoms. The summed E-state index contributed by atoms with van der Waals surface area (Å²) in [5.74, 6) is -3.11. The van der Waals surface area contributed by atoms with Gasteiger partial charge in [-0.25, -0.2) is 4.39 Å². The number of nitrogens with zero attached hydrogens (tertiary/aromatic N) is 3. The molecule has 4 rings (SSSR count). The van der Waals surface area contributed by atoms with Gasteiger partial charge in [0.15, 0.2) is 18.1 Å². The molecule has 0 aliphatic heterocycles. The van der Waals surface area contributed by atoms with Crippen LogP contribution in [0, 0.1) is 28.6 Å². The molecule has 0 aromatic rings. The van der Waals surface area contributed by atoms with Crippen LogP contribution < -0.4 is 0 Å². The largest absolute Gasteiger partial charge is 0.457 e. The molecule has 0 aromatic heterocycles. The Morgan fingerprint density at radius 2 is 1.90 bits per heavy atom. The number of carbonyl (C=O) groups excluding carboxylic acids is 3. The average molecular weight is 578 g/mol. The van der Waals surface area contributed by atoms with Gasteiger partial charge in [-0.1, -0.05) is 30.6 Å². The SMILES string of the molecule is C[C@@H]1C[C@H]2[C@@H]3CCC4=CC(=O)C=C[C@]4(C)C3(F)[C@@H](O)C[C@]2(C)[C@@]1(O)C(=O)COC(=O)CCOCCOCCN=[N+]=[N-]. The Kier molecular flexibility index (Phi) is 9.11. The summed E-state index contributed by atoms with van der Waals surface area (Å²) in [6.45, 7) is 5.58. The number of hydrogen-bond donors (Lipinski definition) is 2. The number of carbonyl (C=O) groups is 3. The molecule has 8 atom stereocenters. The molecule has 0 aromatic carbocycles. The van der Waals surface area contributed by atoms with Crippen LogP contribution in [-0.2, 0) is 28.6 Å². The summed E-state index contributed by atoms with van der Waals surface area (Å²) in [4.78, 5) is 40.4. The fraction of sp³-hybridized carbons (Fsp3) is 0.759. The highest BCUT2D eigenvalue weighted by Gasteiger charge is 2.75. The molecule has 41 heavy (non-hydrogen) atoms. The minimum Gasteiger partial charge on any atom is -0.457 e. The van der Waals surface area contributed by atoms with Gasteiger partial charge < -0.3 is 24.4 Å². The number of aliphatic hydroxyl groups is 2. The molecular weight excluding hydrogens is 537 g/mol. The molecule has 226 valence electrons. The second kappa shape index (κ2) is 11.9. The Morgan fingerprint density at radius 3 is 2.61 bits per heavy atom. The van der Waals surface area contributed by atoms with Gasteiger partial charge in [-0.2, -0.15) is 0 Å². The molecule has 3 fully saturated rings. The third-order valence-corrected chi connectivity index (χ3v) is 10.2. The molecule has 11 nitrogen and oxygen atoms in total. The van der Waals surface area contributed by atoms with Gasteiger partial charge in [0.2, 0.25) is 5.78 Å². The van der Waals surface area contributed by atoms with Gasteiger partial charge in [0.1, 0.15) is 5.60 Å². The summed E-state index contributed by atoms with van der Waals surface area (Å²) >= 11 is 0. The lowest BCUT2D eigenvalue weighted by Gasteiger charge is -2.62. The first-order chi connectivity index (χ1) is 19.4. The van der Waals surface area contributed by atoms with Crippen LogP contribution in [0.25, 0.3) is 10.4 Å². The van der Waals surface area contributed by atoms with Gasteiger partial charge in [0, 0.05) is 28.2 Å². The minimum atomic E-state index is -2.06. The minimum absolute atomic E-state index is 0.0505. The van der Waals surface area contributed by atoms with Crippen LogP contribution in [0.5, 0.6) is 0 Å². The zero-order valence-electron chi connectivity index (χ0n) is 23.9. The first-order valence-electron chi connectivity index (χ1n) is 14.2. The maximum atomic E-state index is 17.2. The van der Waals surface area contributed by atoms with Gasteiger partial charge in [0.05, 0.1) is 39.0 Å². The third-order valence-electron chi connectivity index (χ3n) is 10.2. The molecule has 2 N–H and O–H groups in total. The summed E-state index contributed by atoms with van der Waals surface area (Å²) < 4.78 is 32.9. The van der Waals surface area contributed by atoms with Crippen molar-refractivity contribution >= 4 is 17.5 Å². The number of allylic oxidation sites excluding steroid dienone is 4. The van der Waals surface area contributed by atoms with Crippen molar-refractivity contribution in [3.8, 4) is 0 Å². The summed E-state index contributed by atoms with van der Waals surface area (Å²) in [6, 6.07) is 0. The molecule has 0 heterocycles. The summed E-state index contributed by atoms with van der Waals surface area (Å²) in [6.07, 6.45) is 3.93. The van der Waals surface area contributed by atoms with E-state index in [1.165, 1.54) is 12.2 Å². The molecule has 4 aliphatic carbocycles. The maximum Gasteiger partial charge on any atom is 0.308 e. The van der Waals surface area contributed by atoms with E-state index < -0.39 is 64.3 Å². The first kappa shape index (κ1) is 31.3. The van der Waals surface area contributed by atoms with Crippen molar-refractivity contribution in [2.45, 2.75) is 70.2 Å². The number of azide groups is 1. The van der Waals surface area contributed by atoms with Gasteiger partial charge in [-0.05, 0) is 62.1 Å². The van der Waals surface area contributed by atoms with E-state index in [2.05, 4.69) is 10.0 Å². The lowest BCUT2D eigenvalue weighted by atomic mass is 9.44. The van der Waals surface area contributed by atoms with Crippen LogP contribution in [0.2, 0.25) is 0 Å². The van der Waals surface area contributed by atoms with Crippen molar-refractivity contribution < 1.29 is 43.2 Å². The smallest absolute Gasteiger partial charge is 0.308 e. The number of halogens is 1. The zero-order chi connectivity index (χ0) is 30.1. The predicted molar refractivity (Wildman–Crippen MR) is 144 cm³/mol. The molecule has 3 saturated carbocycles. The van der Waals surface area contributed by atoms with E-state index in [0.717, 1.165) is 0 Å². The number of alkyl halides is 1. The maximum absolute atomic E-state index is 17.2. The predicted octanol–water partition coefficient (Wildman–Crippen LogP) is 3.18. The monoisotopic (exact) mass is 577 g/mol. The van der Waals surface area contributed by atoms with E-state index >= 15 is 4.39 Å². The number of aliphatic hydroxyl groups excluding tert-OH is 1. The van der Waals surface area contributed by atoms with E-state index in [0.29, 0.717) is 24.8 Å². The second-order valence-electron chi connectivity index (χ2n) is 12.2. The van der Waals surface area contributed by atoms with Crippen LogP contribution >= 0.6 is 0 Å². The highest BCUT2D eigenvalue weighted by molar-refractivity contribution is 6.01. The summed E-state index contributed by atoms with van der Waals surface area (Å²) in [5.41, 5.74) is 2.59. The number of ether oxygens (including phenoxy) is 3. The molecule has 4 aliphatic rings. The molecule has 0 radical (unpaired) electrons. The van der Waals surface area contributed by atoms with Crippen LogP contribution in [0.15, 0.2) is 28.9 Å². The second-order valence-corrected chi connectivity index (χ2v) is 12.2. The van der Waals surface area contributed by atoms with Crippen LogP contribution in [0.1, 0.15) is 52.9 Å². The van der Waals surface area contributed by atoms with Crippen molar-refractivity contribution in [2.75, 3.05) is 39.6 Å². The van der Waals surface area contributed by atoms with Crippen molar-refractivity contribution in [3.63, 3.8) is 0 Å². The lowest BCUT2D eigenvalue weighted by Crippen LogP contribution is -2.69. The summed E-state index contributed by atoms with van der Waals surface area (Å²) in [5, 5.41) is 26.7. The Balaban J connectivity index is 1.38. The van der Waals surface area contributed by atoms with Gasteiger partial charge in [-0.3, -0.25) is 14.4 Å². The number of esters is 1. The first-order valence-corrected chi connectivity index (χ1v) is 14.2. The van der Waals surface area contributed by atoms with E-state index in [1.54, 1.807) is 26.8 Å². The average Bonchev–Trinajstić information content (AvgIpc) is 3.13. The summed E-state index contributed by atoms with van der Waals surface area (Å²) in [7, 11) is 0. The Morgan fingerprint density at radius 1 is 1.20 bits per heavy atom. The van der Waals surface area contributed by atoms with Gasteiger partial charge in [0.25, 0.3) is 0 Å². The van der Waals surface area contributed by atoms with Crippen molar-refractivity contribution in [1.82, 2.24) is 0 Å². The fourth-order valence-electron chi connectivity index (χ4n) is 8.10. The quantitative estimate of drug-likeness (QED) is 0.117. The third kappa shape index (κ3) is 5.14. The van der Waals surface area contributed by atoms with Crippen LogP contribution in [0.3, 0.4) is 0 Å². The number of Topliss-reactive ketones (excluding diaryl/α,β-unsaturated/α-hetero) is 1. The van der Waals surface area contributed by atoms with Gasteiger partial charge in [-0.15, -0.1) is 0 Å². The number of fused-ring (bicyclic) bond motifs is 5. The Hall–Kier alpha value is -2.63. The fourth-order valence-corrected chi connectivity index (χ4v) is 8.10. The Labute approximate surface area is 238 Å². The number of ketones is 2. The molecule has 0 saturated heterocycles. The molecule has 0 bridgehead atoms. The van der Waals surface area contributed by atoms with Crippen molar-refractivity contribution in [3.05, 3.63) is 34.2 Å². The number of rotatable bonds is 12. The number of hydrogen-bond acceptors (Lipinski definition) is 9. The van der Waals surface area contributed by atoms with E-state index in [4.69, 9.17) is 19.7 Å². The van der Waals surface area contributed by atoms with Crippen molar-refractivity contribution in [1.29, 1.82) is 0 Å². The molecule has 1 unspecified atom stereocenters. The van der Waals surface area contributed by atoms with E-state index in [9.17, 15) is 24.6 Å². The van der Waals surface area contributed by atoms with E-state index in [-0.39, 0.29) is 51.6 Å². The van der Waals surface area contributed by atoms with Crippen molar-refractivity contribution in [2.24, 2.45) is 33.7 Å². The van der Waals surface area contributed by atoms with E-state index in [1.807, 2.05) is 0 Å². The van der Waals surface area contributed by atoms with Crippen LogP contribution in [0.4, 0.5) is 4.39 Å². The molecule has 0 amide bonds. The normalized spacial score (nSPS) is 39.2. The highest BCUT2D eigenvalue weighted by Crippen LogP contribution is 2.70. The highest BCUT2D eigenvalue weighted by atomic mass is 19.1. The van der Waals surface area contributed by atoms with Crippen LogP contribution in [-0.4, -0.2) is 84.7 Å². The molecular formula is C29H40FN3O8. The molecule has 12 heteroatoms. The Bertz CT molecular complexity index is 1170. The topological polar surface area (TPSA) is 168 Å².